The highest BCUT2D eigenvalue weighted by atomic mass is 16.5. The van der Waals surface area contributed by atoms with E-state index in [4.69, 9.17) is 15.6 Å². The van der Waals surface area contributed by atoms with Crippen LogP contribution in [0.2, 0.25) is 0 Å². The average molecular weight is 278 g/mol. The van der Waals surface area contributed by atoms with Crippen LogP contribution in [0, 0.1) is 0 Å². The third-order valence-corrected chi connectivity index (χ3v) is 3.52. The van der Waals surface area contributed by atoms with Crippen molar-refractivity contribution < 1.29 is 19.4 Å². The Balaban J connectivity index is 2.15. The summed E-state index contributed by atoms with van der Waals surface area (Å²) >= 11 is 0. The second-order valence-corrected chi connectivity index (χ2v) is 4.74. The van der Waals surface area contributed by atoms with E-state index in [1.54, 1.807) is 17.0 Å². The minimum Gasteiger partial charge on any atom is -0.478 e. The average Bonchev–Trinajstić information content (AvgIpc) is 2.87. The van der Waals surface area contributed by atoms with Crippen molar-refractivity contribution in [2.24, 2.45) is 5.73 Å². The monoisotopic (exact) mass is 278 g/mol. The summed E-state index contributed by atoms with van der Waals surface area (Å²) in [4.78, 5) is 24.8. The molecule has 6 heteroatoms. The van der Waals surface area contributed by atoms with E-state index in [2.05, 4.69) is 0 Å². The number of carboxylic acid groups (broad SMARTS) is 1. The Morgan fingerprint density at radius 1 is 1.50 bits per heavy atom. The molecule has 0 aromatic heterocycles. The molecule has 1 heterocycles. The van der Waals surface area contributed by atoms with E-state index in [1.165, 1.54) is 13.2 Å². The van der Waals surface area contributed by atoms with Crippen LogP contribution in [0.5, 0.6) is 0 Å². The number of carbonyl (C=O) groups excluding carboxylic acids is 1. The zero-order chi connectivity index (χ0) is 14.7. The van der Waals surface area contributed by atoms with E-state index in [0.717, 1.165) is 11.3 Å². The molecular formula is C14H18N2O4. The van der Waals surface area contributed by atoms with E-state index < -0.39 is 5.97 Å². The SMILES string of the molecule is COC(CN)CC(=O)N1CCc2cc(C(=O)O)ccc21. The first-order valence-corrected chi connectivity index (χ1v) is 6.46. The number of hydrogen-bond acceptors (Lipinski definition) is 4. The molecule has 1 aromatic carbocycles. The van der Waals surface area contributed by atoms with Gasteiger partial charge in [0.15, 0.2) is 0 Å². The maximum absolute atomic E-state index is 12.2. The predicted molar refractivity (Wildman–Crippen MR) is 73.9 cm³/mol. The summed E-state index contributed by atoms with van der Waals surface area (Å²) in [6.07, 6.45) is 0.611. The Bertz CT molecular complexity index is 526. The maximum atomic E-state index is 12.2. The summed E-state index contributed by atoms with van der Waals surface area (Å²) in [6, 6.07) is 4.83. The van der Waals surface area contributed by atoms with Crippen molar-refractivity contribution in [1.82, 2.24) is 0 Å². The molecule has 108 valence electrons. The van der Waals surface area contributed by atoms with E-state index in [-0.39, 0.29) is 24.0 Å². The van der Waals surface area contributed by atoms with Crippen LogP contribution >= 0.6 is 0 Å². The standard InChI is InChI=1S/C14H18N2O4/c1-20-11(8-15)7-13(17)16-5-4-9-6-10(14(18)19)2-3-12(9)16/h2-3,6,11H,4-5,7-8,15H2,1H3,(H,18,19). The molecule has 1 aliphatic rings. The molecule has 1 amide bonds. The molecule has 3 N–H and O–H groups in total. The van der Waals surface area contributed by atoms with Gasteiger partial charge in [0, 0.05) is 25.9 Å². The Labute approximate surface area is 117 Å². The molecule has 1 atom stereocenters. The Hall–Kier alpha value is -1.92. The molecule has 0 bridgehead atoms. The van der Waals surface area contributed by atoms with Crippen LogP contribution in [0.15, 0.2) is 18.2 Å². The number of carbonyl (C=O) groups is 2. The van der Waals surface area contributed by atoms with Gasteiger partial charge in [0.1, 0.15) is 0 Å². The zero-order valence-electron chi connectivity index (χ0n) is 11.3. The smallest absolute Gasteiger partial charge is 0.335 e. The fourth-order valence-electron chi connectivity index (χ4n) is 2.36. The molecular weight excluding hydrogens is 260 g/mol. The van der Waals surface area contributed by atoms with Crippen LogP contribution in [0.4, 0.5) is 5.69 Å². The van der Waals surface area contributed by atoms with E-state index >= 15 is 0 Å². The number of rotatable bonds is 5. The Morgan fingerprint density at radius 3 is 2.85 bits per heavy atom. The van der Waals surface area contributed by atoms with Gasteiger partial charge in [0.05, 0.1) is 18.1 Å². The summed E-state index contributed by atoms with van der Waals surface area (Å²) in [5, 5.41) is 8.96. The fraction of sp³-hybridized carbons (Fsp3) is 0.429. The van der Waals surface area contributed by atoms with Crippen molar-refractivity contribution in [3.8, 4) is 0 Å². The highest BCUT2D eigenvalue weighted by molar-refractivity contribution is 5.97. The number of ether oxygens (including phenoxy) is 1. The number of anilines is 1. The molecule has 1 aliphatic heterocycles. The summed E-state index contributed by atoms with van der Waals surface area (Å²) in [5.74, 6) is -1.01. The minimum absolute atomic E-state index is 0.0517. The number of methoxy groups -OCH3 is 1. The van der Waals surface area contributed by atoms with Crippen molar-refractivity contribution in [3.63, 3.8) is 0 Å². The van der Waals surface area contributed by atoms with Crippen molar-refractivity contribution in [2.75, 3.05) is 25.1 Å². The quantitative estimate of drug-likeness (QED) is 0.824. The third kappa shape index (κ3) is 2.81. The van der Waals surface area contributed by atoms with Crippen molar-refractivity contribution in [2.45, 2.75) is 18.9 Å². The molecule has 0 aliphatic carbocycles. The molecule has 1 unspecified atom stereocenters. The van der Waals surface area contributed by atoms with Gasteiger partial charge in [-0.25, -0.2) is 4.79 Å². The minimum atomic E-state index is -0.958. The van der Waals surface area contributed by atoms with E-state index in [1.807, 2.05) is 0 Å². The van der Waals surface area contributed by atoms with Crippen LogP contribution in [-0.4, -0.2) is 43.3 Å². The van der Waals surface area contributed by atoms with Crippen LogP contribution < -0.4 is 10.6 Å². The molecule has 2 rings (SSSR count). The lowest BCUT2D eigenvalue weighted by Gasteiger charge is -2.20. The van der Waals surface area contributed by atoms with Gasteiger partial charge in [-0.05, 0) is 30.2 Å². The number of hydrogen-bond donors (Lipinski definition) is 2. The van der Waals surface area contributed by atoms with E-state index in [0.29, 0.717) is 19.5 Å². The van der Waals surface area contributed by atoms with Gasteiger partial charge in [-0.1, -0.05) is 0 Å². The number of nitrogens with two attached hydrogens (primary N) is 1. The summed E-state index contributed by atoms with van der Waals surface area (Å²) in [5.41, 5.74) is 7.44. The number of aromatic carboxylic acids is 1. The predicted octanol–water partition coefficient (Wildman–Crippen LogP) is 0.638. The topological polar surface area (TPSA) is 92.9 Å². The second kappa shape index (κ2) is 6.02. The molecule has 0 saturated carbocycles. The van der Waals surface area contributed by atoms with Crippen molar-refractivity contribution in [1.29, 1.82) is 0 Å². The Kier molecular flexibility index (Phi) is 4.36. The van der Waals surface area contributed by atoms with Gasteiger partial charge in [-0.3, -0.25) is 4.79 Å². The molecule has 20 heavy (non-hydrogen) atoms. The lowest BCUT2D eigenvalue weighted by Crippen LogP contribution is -2.35. The Morgan fingerprint density at radius 2 is 2.25 bits per heavy atom. The lowest BCUT2D eigenvalue weighted by atomic mass is 10.1. The van der Waals surface area contributed by atoms with Crippen LogP contribution in [-0.2, 0) is 16.0 Å². The number of fused-ring (bicyclic) bond motifs is 1. The third-order valence-electron chi connectivity index (χ3n) is 3.52. The normalized spacial score (nSPS) is 15.0. The number of carboxylic acids is 1. The van der Waals surface area contributed by atoms with Crippen LogP contribution in [0.1, 0.15) is 22.3 Å². The number of nitrogens with zero attached hydrogens (tertiary/aromatic N) is 1. The molecule has 0 spiro atoms. The largest absolute Gasteiger partial charge is 0.478 e. The molecule has 0 saturated heterocycles. The van der Waals surface area contributed by atoms with Crippen LogP contribution in [0.3, 0.4) is 0 Å². The summed E-state index contributed by atoms with van der Waals surface area (Å²) in [6.45, 7) is 0.860. The second-order valence-electron chi connectivity index (χ2n) is 4.74. The maximum Gasteiger partial charge on any atom is 0.335 e. The van der Waals surface area contributed by atoms with Gasteiger partial charge in [-0.2, -0.15) is 0 Å². The number of benzene rings is 1. The van der Waals surface area contributed by atoms with Gasteiger partial charge < -0.3 is 20.5 Å². The van der Waals surface area contributed by atoms with Crippen molar-refractivity contribution >= 4 is 17.6 Å². The lowest BCUT2D eigenvalue weighted by molar-refractivity contribution is -0.120. The first-order chi connectivity index (χ1) is 9.56. The van der Waals surface area contributed by atoms with E-state index in [9.17, 15) is 9.59 Å². The van der Waals surface area contributed by atoms with Crippen molar-refractivity contribution in [3.05, 3.63) is 29.3 Å². The van der Waals surface area contributed by atoms with Crippen LogP contribution in [0.25, 0.3) is 0 Å². The highest BCUT2D eigenvalue weighted by Gasteiger charge is 2.26. The molecule has 6 nitrogen and oxygen atoms in total. The fourth-order valence-corrected chi connectivity index (χ4v) is 2.36. The first-order valence-electron chi connectivity index (χ1n) is 6.46. The van der Waals surface area contributed by atoms with Gasteiger partial charge in [0.2, 0.25) is 5.91 Å². The molecule has 0 radical (unpaired) electrons. The number of amides is 1. The highest BCUT2D eigenvalue weighted by Crippen LogP contribution is 2.29. The first kappa shape index (κ1) is 14.5. The molecule has 0 fully saturated rings. The summed E-state index contributed by atoms with van der Waals surface area (Å²) in [7, 11) is 1.53. The van der Waals surface area contributed by atoms with Gasteiger partial charge >= 0.3 is 5.97 Å². The van der Waals surface area contributed by atoms with Gasteiger partial charge in [-0.15, -0.1) is 0 Å². The zero-order valence-corrected chi connectivity index (χ0v) is 11.3. The molecule has 1 aromatic rings. The van der Waals surface area contributed by atoms with Gasteiger partial charge in [0.25, 0.3) is 0 Å². The summed E-state index contributed by atoms with van der Waals surface area (Å²) < 4.78 is 5.12.